The van der Waals surface area contributed by atoms with Gasteiger partial charge in [-0.1, -0.05) is 48.5 Å². The highest BCUT2D eigenvalue weighted by Gasteiger charge is 2.33. The number of hydrogen-bond donors (Lipinski definition) is 0. The van der Waals surface area contributed by atoms with Gasteiger partial charge in [0.2, 0.25) is 0 Å². The summed E-state index contributed by atoms with van der Waals surface area (Å²) in [5.41, 5.74) is 3.35. The van der Waals surface area contributed by atoms with Crippen LogP contribution in [-0.2, 0) is 9.53 Å². The summed E-state index contributed by atoms with van der Waals surface area (Å²) in [5, 5.41) is 8.31. The maximum atomic E-state index is 13.2. The quantitative estimate of drug-likeness (QED) is 0.378. The fourth-order valence-electron chi connectivity index (χ4n) is 4.13. The van der Waals surface area contributed by atoms with Crippen LogP contribution in [0.1, 0.15) is 39.8 Å². The highest BCUT2D eigenvalue weighted by Crippen LogP contribution is 2.34. The summed E-state index contributed by atoms with van der Waals surface area (Å²) >= 11 is 0. The number of nitrogens with zero attached hydrogens (tertiary/aromatic N) is 4. The number of methoxy groups -OCH3 is 1. The normalized spacial score (nSPS) is 15.0. The number of hydrazone groups is 1. The van der Waals surface area contributed by atoms with Crippen LogP contribution < -0.4 is 4.74 Å². The summed E-state index contributed by atoms with van der Waals surface area (Å²) in [6.07, 6.45) is 3.32. The van der Waals surface area contributed by atoms with Crippen molar-refractivity contribution in [3.05, 3.63) is 102 Å². The van der Waals surface area contributed by atoms with E-state index in [0.717, 1.165) is 33.4 Å². The number of amides is 1. The Hall–Kier alpha value is -4.59. The summed E-state index contributed by atoms with van der Waals surface area (Å²) in [6, 6.07) is 21.4. The predicted octanol–water partition coefficient (Wildman–Crippen LogP) is 4.48. The van der Waals surface area contributed by atoms with Crippen molar-refractivity contribution in [2.24, 2.45) is 5.10 Å². The molecule has 0 aliphatic carbocycles. The number of benzene rings is 3. The zero-order valence-electron chi connectivity index (χ0n) is 19.9. The summed E-state index contributed by atoms with van der Waals surface area (Å²) in [7, 11) is 1.61. The molecule has 0 radical (unpaired) electrons. The van der Waals surface area contributed by atoms with Crippen LogP contribution >= 0.6 is 0 Å². The first kappa shape index (κ1) is 23.2. The van der Waals surface area contributed by atoms with Crippen molar-refractivity contribution in [1.29, 1.82) is 0 Å². The largest absolute Gasteiger partial charge is 0.497 e. The first-order valence-electron chi connectivity index (χ1n) is 11.5. The van der Waals surface area contributed by atoms with Gasteiger partial charge >= 0.3 is 5.97 Å². The molecule has 0 fully saturated rings. The summed E-state index contributed by atoms with van der Waals surface area (Å²) in [5.74, 6) is -0.423. The maximum absolute atomic E-state index is 13.2. The van der Waals surface area contributed by atoms with Crippen LogP contribution in [0.5, 0.6) is 5.75 Å². The van der Waals surface area contributed by atoms with Crippen molar-refractivity contribution in [2.45, 2.75) is 19.4 Å². The van der Waals surface area contributed by atoms with E-state index in [0.29, 0.717) is 12.1 Å². The van der Waals surface area contributed by atoms with Gasteiger partial charge in [-0.2, -0.15) is 5.10 Å². The highest BCUT2D eigenvalue weighted by molar-refractivity contribution is 6.05. The van der Waals surface area contributed by atoms with Gasteiger partial charge in [0.25, 0.3) is 5.91 Å². The molecule has 0 saturated carbocycles. The molecule has 1 aromatic heterocycles. The Morgan fingerprint density at radius 1 is 0.972 bits per heavy atom. The van der Waals surface area contributed by atoms with Crippen molar-refractivity contribution in [3.8, 4) is 5.75 Å². The number of hydrogen-bond acceptors (Lipinski definition) is 7. The number of fused-ring (bicyclic) bond motifs is 1. The first-order chi connectivity index (χ1) is 17.5. The second-order valence-electron chi connectivity index (χ2n) is 8.46. The Labute approximate surface area is 208 Å². The van der Waals surface area contributed by atoms with Crippen LogP contribution in [0, 0.1) is 6.92 Å². The first-order valence-corrected chi connectivity index (χ1v) is 11.5. The third kappa shape index (κ3) is 4.79. The molecule has 8 heteroatoms. The lowest BCUT2D eigenvalue weighted by atomic mass is 9.97. The SMILES string of the molecule is COc1ccc([C@@H]2CC(c3ccc4ccccc4c3)=NN2C(=O)COC(=O)c2cnc(C)cn2)cc1. The molecule has 2 heterocycles. The molecule has 0 N–H and O–H groups in total. The Morgan fingerprint density at radius 2 is 1.75 bits per heavy atom. The molecule has 0 saturated heterocycles. The van der Waals surface area contributed by atoms with E-state index in [1.54, 1.807) is 14.0 Å². The smallest absolute Gasteiger partial charge is 0.359 e. The molecule has 1 amide bonds. The molecule has 4 aromatic rings. The predicted molar refractivity (Wildman–Crippen MR) is 135 cm³/mol. The monoisotopic (exact) mass is 480 g/mol. The van der Waals surface area contributed by atoms with Gasteiger partial charge in [-0.25, -0.2) is 14.8 Å². The molecular formula is C28H24N4O4. The molecule has 3 aromatic carbocycles. The van der Waals surface area contributed by atoms with Gasteiger partial charge in [-0.3, -0.25) is 9.78 Å². The van der Waals surface area contributed by atoms with E-state index < -0.39 is 18.5 Å². The van der Waals surface area contributed by atoms with Crippen LogP contribution in [-0.4, -0.2) is 46.3 Å². The number of aromatic nitrogens is 2. The number of carbonyl (C=O) groups excluding carboxylic acids is 2. The van der Waals surface area contributed by atoms with Gasteiger partial charge in [-0.05, 0) is 47.0 Å². The zero-order valence-corrected chi connectivity index (χ0v) is 19.9. The van der Waals surface area contributed by atoms with Crippen molar-refractivity contribution < 1.29 is 19.1 Å². The van der Waals surface area contributed by atoms with Crippen LogP contribution in [0.15, 0.2) is 84.2 Å². The van der Waals surface area contributed by atoms with Gasteiger partial charge in [0.15, 0.2) is 12.3 Å². The number of rotatable bonds is 6. The second kappa shape index (κ2) is 9.95. The van der Waals surface area contributed by atoms with Crippen LogP contribution in [0.2, 0.25) is 0 Å². The van der Waals surface area contributed by atoms with E-state index in [2.05, 4.69) is 27.2 Å². The maximum Gasteiger partial charge on any atom is 0.359 e. The minimum Gasteiger partial charge on any atom is -0.497 e. The Balaban J connectivity index is 1.40. The van der Waals surface area contributed by atoms with Gasteiger partial charge in [-0.15, -0.1) is 0 Å². The van der Waals surface area contributed by atoms with Crippen LogP contribution in [0.3, 0.4) is 0 Å². The average Bonchev–Trinajstić information content (AvgIpc) is 3.37. The van der Waals surface area contributed by atoms with Gasteiger partial charge < -0.3 is 9.47 Å². The lowest BCUT2D eigenvalue weighted by molar-refractivity contribution is -0.136. The number of carbonyl (C=O) groups is 2. The number of ether oxygens (including phenoxy) is 2. The molecule has 1 aliphatic rings. The van der Waals surface area contributed by atoms with Crippen LogP contribution in [0.25, 0.3) is 10.8 Å². The Morgan fingerprint density at radius 3 is 2.47 bits per heavy atom. The molecule has 36 heavy (non-hydrogen) atoms. The van der Waals surface area contributed by atoms with E-state index in [9.17, 15) is 9.59 Å². The van der Waals surface area contributed by atoms with E-state index in [-0.39, 0.29) is 11.7 Å². The molecule has 5 rings (SSSR count). The fourth-order valence-corrected chi connectivity index (χ4v) is 4.13. The number of aryl methyl sites for hydroxylation is 1. The second-order valence-corrected chi connectivity index (χ2v) is 8.46. The lowest BCUT2D eigenvalue weighted by Crippen LogP contribution is -2.31. The summed E-state index contributed by atoms with van der Waals surface area (Å²) in [6.45, 7) is 1.30. The number of esters is 1. The minimum absolute atomic E-state index is 0.0434. The van der Waals surface area contributed by atoms with E-state index in [4.69, 9.17) is 9.47 Å². The molecule has 8 nitrogen and oxygen atoms in total. The van der Waals surface area contributed by atoms with Crippen molar-refractivity contribution in [2.75, 3.05) is 13.7 Å². The minimum atomic E-state index is -0.713. The van der Waals surface area contributed by atoms with E-state index in [1.807, 2.05) is 54.6 Å². The van der Waals surface area contributed by atoms with Gasteiger partial charge in [0, 0.05) is 12.6 Å². The molecular weight excluding hydrogens is 456 g/mol. The molecule has 0 unspecified atom stereocenters. The Kier molecular flexibility index (Phi) is 6.40. The molecule has 1 aliphatic heterocycles. The highest BCUT2D eigenvalue weighted by atomic mass is 16.5. The third-order valence-electron chi connectivity index (χ3n) is 6.07. The topological polar surface area (TPSA) is 94.0 Å². The van der Waals surface area contributed by atoms with E-state index >= 15 is 0 Å². The summed E-state index contributed by atoms with van der Waals surface area (Å²) < 4.78 is 10.5. The standard InChI is InChI=1S/C28H24N4O4/c1-18-15-30-25(16-29-18)28(34)36-17-27(33)32-26(20-9-11-23(35-2)12-10-20)14-24(31-32)22-8-7-19-5-3-4-6-21(19)13-22/h3-13,15-16,26H,14,17H2,1-2H3/t26-/m0/s1. The van der Waals surface area contributed by atoms with Gasteiger partial charge in [0.05, 0.1) is 30.8 Å². The summed E-state index contributed by atoms with van der Waals surface area (Å²) in [4.78, 5) is 33.6. The lowest BCUT2D eigenvalue weighted by Gasteiger charge is -2.22. The zero-order chi connectivity index (χ0) is 25.1. The third-order valence-corrected chi connectivity index (χ3v) is 6.07. The fraction of sp³-hybridized carbons (Fsp3) is 0.179. The van der Waals surface area contributed by atoms with Crippen molar-refractivity contribution in [3.63, 3.8) is 0 Å². The van der Waals surface area contributed by atoms with Crippen LogP contribution in [0.4, 0.5) is 0 Å². The molecule has 180 valence electrons. The van der Waals surface area contributed by atoms with Crippen molar-refractivity contribution in [1.82, 2.24) is 15.0 Å². The van der Waals surface area contributed by atoms with E-state index in [1.165, 1.54) is 17.4 Å². The average molecular weight is 481 g/mol. The molecule has 1 atom stereocenters. The molecule has 0 bridgehead atoms. The molecule has 0 spiro atoms. The van der Waals surface area contributed by atoms with Gasteiger partial charge in [0.1, 0.15) is 5.75 Å². The van der Waals surface area contributed by atoms with Crippen molar-refractivity contribution >= 4 is 28.4 Å². The Bertz CT molecular complexity index is 1450.